The van der Waals surface area contributed by atoms with E-state index in [0.717, 1.165) is 89.2 Å². The van der Waals surface area contributed by atoms with E-state index >= 15 is 0 Å². The lowest BCUT2D eigenvalue weighted by molar-refractivity contribution is -0.127. The molecule has 56 heavy (non-hydrogen) atoms. The minimum absolute atomic E-state index is 0.00294. The number of amides is 1. The van der Waals surface area contributed by atoms with Gasteiger partial charge in [0.2, 0.25) is 5.91 Å². The van der Waals surface area contributed by atoms with E-state index in [9.17, 15) is 17.6 Å². The van der Waals surface area contributed by atoms with Crippen LogP contribution < -0.4 is 9.47 Å². The fourth-order valence-electron chi connectivity index (χ4n) is 7.49. The molecule has 5 aromatic rings. The number of carbonyl (C=O) groups is 1. The van der Waals surface area contributed by atoms with Gasteiger partial charge in [-0.15, -0.1) is 0 Å². The van der Waals surface area contributed by atoms with E-state index in [1.54, 1.807) is 26.3 Å². The number of unbranched alkanes of at least 4 members (excludes halogenated alkanes) is 2. The van der Waals surface area contributed by atoms with E-state index in [-0.39, 0.29) is 30.7 Å². The average molecular weight is 784 g/mol. The molecule has 0 aliphatic carbocycles. The Labute approximate surface area is 331 Å². The van der Waals surface area contributed by atoms with Crippen molar-refractivity contribution in [3.8, 4) is 22.6 Å². The number of para-hydroxylation sites is 1. The minimum atomic E-state index is -3.84. The Kier molecular flexibility index (Phi) is 13.1. The van der Waals surface area contributed by atoms with Gasteiger partial charge in [-0.1, -0.05) is 49.7 Å². The number of hydrogen-bond donors (Lipinski definition) is 0. The summed E-state index contributed by atoms with van der Waals surface area (Å²) < 4.78 is 57.3. The first-order valence-corrected chi connectivity index (χ1v) is 20.8. The zero-order valence-corrected chi connectivity index (χ0v) is 34.2. The predicted molar refractivity (Wildman–Crippen MR) is 219 cm³/mol. The van der Waals surface area contributed by atoms with Crippen molar-refractivity contribution in [1.29, 1.82) is 0 Å². The maximum atomic E-state index is 13.5. The molecule has 12 heteroatoms. The van der Waals surface area contributed by atoms with Gasteiger partial charge in [-0.05, 0) is 109 Å². The molecule has 1 aliphatic heterocycles. The number of aryl methyl sites for hydroxylation is 3. The molecule has 6 rings (SSSR count). The summed E-state index contributed by atoms with van der Waals surface area (Å²) >= 11 is 0. The highest BCUT2D eigenvalue weighted by Crippen LogP contribution is 2.34. The standard InChI is InChI=1S/C44H54FN5O5S/c1-7-8-20-49-30-37(27-42(49)51)44-46-40-19-16-35(26-41(40)50(44)21-9-10-22-55-43-31(2)12-11-13-32(43)3)36-23-34(24-39(25-36)54-6)29-48(5)56(52,53)47(4)28-33-14-17-38(45)18-15-33/h11-19,23-26,37H,7-10,20-22,27-30H2,1-6H3. The van der Waals surface area contributed by atoms with Gasteiger partial charge < -0.3 is 18.9 Å². The first kappa shape index (κ1) is 40.9. The normalized spacial score (nSPS) is 14.8. The summed E-state index contributed by atoms with van der Waals surface area (Å²) in [6.45, 7) is 9.26. The van der Waals surface area contributed by atoms with Crippen molar-refractivity contribution < 1.29 is 27.1 Å². The number of likely N-dealkylation sites (tertiary alicyclic amines) is 1. The summed E-state index contributed by atoms with van der Waals surface area (Å²) in [5.74, 6) is 2.30. The molecule has 1 aliphatic rings. The largest absolute Gasteiger partial charge is 0.497 e. The Morgan fingerprint density at radius 1 is 0.857 bits per heavy atom. The van der Waals surface area contributed by atoms with Gasteiger partial charge in [0.25, 0.3) is 10.2 Å². The van der Waals surface area contributed by atoms with Crippen LogP contribution in [-0.4, -0.2) is 78.3 Å². The minimum Gasteiger partial charge on any atom is -0.497 e. The number of fused-ring (bicyclic) bond motifs is 1. The lowest BCUT2D eigenvalue weighted by atomic mass is 10.0. The van der Waals surface area contributed by atoms with E-state index in [1.807, 2.05) is 41.3 Å². The number of imidazole rings is 1. The molecule has 0 bridgehead atoms. The van der Waals surface area contributed by atoms with Gasteiger partial charge in [-0.3, -0.25) is 4.79 Å². The van der Waals surface area contributed by atoms with Crippen LogP contribution >= 0.6 is 0 Å². The maximum absolute atomic E-state index is 13.5. The van der Waals surface area contributed by atoms with Crippen LogP contribution in [0.5, 0.6) is 11.5 Å². The highest BCUT2D eigenvalue weighted by Gasteiger charge is 2.34. The Morgan fingerprint density at radius 3 is 2.27 bits per heavy atom. The van der Waals surface area contributed by atoms with Crippen LogP contribution in [0.3, 0.4) is 0 Å². The number of methoxy groups -OCH3 is 1. The van der Waals surface area contributed by atoms with Gasteiger partial charge in [0.05, 0.1) is 24.8 Å². The van der Waals surface area contributed by atoms with Crippen molar-refractivity contribution in [2.45, 2.75) is 78.4 Å². The first-order chi connectivity index (χ1) is 26.9. The van der Waals surface area contributed by atoms with Crippen LogP contribution in [0.2, 0.25) is 0 Å². The Hall–Kier alpha value is -4.78. The molecular formula is C44H54FN5O5S. The average Bonchev–Trinajstić information content (AvgIpc) is 3.74. The van der Waals surface area contributed by atoms with Crippen molar-refractivity contribution >= 4 is 27.1 Å². The van der Waals surface area contributed by atoms with Crippen molar-refractivity contribution in [3.05, 3.63) is 113 Å². The summed E-state index contributed by atoms with van der Waals surface area (Å²) in [6, 6.07) is 24.0. The van der Waals surface area contributed by atoms with Gasteiger partial charge in [-0.25, -0.2) is 9.37 Å². The molecule has 1 fully saturated rings. The highest BCUT2D eigenvalue weighted by molar-refractivity contribution is 7.86. The summed E-state index contributed by atoms with van der Waals surface area (Å²) in [7, 11) is 0.816. The molecule has 0 N–H and O–H groups in total. The van der Waals surface area contributed by atoms with Crippen LogP contribution in [0.25, 0.3) is 22.2 Å². The van der Waals surface area contributed by atoms with E-state index in [4.69, 9.17) is 14.5 Å². The van der Waals surface area contributed by atoms with Gasteiger partial charge in [-0.2, -0.15) is 17.0 Å². The van der Waals surface area contributed by atoms with Gasteiger partial charge >= 0.3 is 0 Å². The van der Waals surface area contributed by atoms with E-state index in [0.29, 0.717) is 30.9 Å². The monoisotopic (exact) mass is 783 g/mol. The van der Waals surface area contributed by atoms with Crippen LogP contribution in [-0.2, 0) is 34.6 Å². The van der Waals surface area contributed by atoms with Gasteiger partial charge in [0.15, 0.2) is 0 Å². The second-order valence-electron chi connectivity index (χ2n) is 14.9. The summed E-state index contributed by atoms with van der Waals surface area (Å²) in [5.41, 5.74) is 7.37. The SMILES string of the molecule is CCCCN1CC(c2nc3ccc(-c4cc(CN(C)S(=O)(=O)N(C)Cc5ccc(F)cc5)cc(OC)c4)cc3n2CCCCOc2c(C)cccc2C)CC1=O. The molecule has 0 spiro atoms. The number of benzene rings is 4. The number of aromatic nitrogens is 2. The molecule has 2 heterocycles. The number of hydrogen-bond acceptors (Lipinski definition) is 6. The molecule has 1 aromatic heterocycles. The lowest BCUT2D eigenvalue weighted by Crippen LogP contribution is -2.38. The first-order valence-electron chi connectivity index (χ1n) is 19.4. The third kappa shape index (κ3) is 9.42. The molecule has 1 unspecified atom stereocenters. The number of halogens is 1. The Morgan fingerprint density at radius 2 is 1.57 bits per heavy atom. The number of rotatable bonds is 18. The Bertz CT molecular complexity index is 2240. The molecule has 298 valence electrons. The van der Waals surface area contributed by atoms with Gasteiger partial charge in [0.1, 0.15) is 23.1 Å². The topological polar surface area (TPSA) is 97.2 Å². The van der Waals surface area contributed by atoms with Crippen molar-refractivity contribution in [2.24, 2.45) is 0 Å². The number of ether oxygens (including phenoxy) is 2. The molecule has 10 nitrogen and oxygen atoms in total. The van der Waals surface area contributed by atoms with Crippen LogP contribution in [0.15, 0.2) is 78.9 Å². The maximum Gasteiger partial charge on any atom is 0.282 e. The molecule has 0 radical (unpaired) electrons. The zero-order chi connectivity index (χ0) is 40.0. The quantitative estimate of drug-likeness (QED) is 0.0831. The van der Waals surface area contributed by atoms with Gasteiger partial charge in [0, 0.05) is 59.2 Å². The molecule has 1 atom stereocenters. The molecule has 1 amide bonds. The van der Waals surface area contributed by atoms with Crippen molar-refractivity contribution in [2.75, 3.05) is 40.9 Å². The second kappa shape index (κ2) is 18.0. The van der Waals surface area contributed by atoms with Crippen molar-refractivity contribution in [3.63, 3.8) is 0 Å². The number of nitrogens with zero attached hydrogens (tertiary/aromatic N) is 5. The van der Waals surface area contributed by atoms with Crippen LogP contribution in [0.4, 0.5) is 4.39 Å². The van der Waals surface area contributed by atoms with Crippen molar-refractivity contribution in [1.82, 2.24) is 23.1 Å². The Balaban J connectivity index is 1.26. The van der Waals surface area contributed by atoms with E-state index in [1.165, 1.54) is 27.8 Å². The zero-order valence-electron chi connectivity index (χ0n) is 33.4. The fraction of sp³-hybridized carbons (Fsp3) is 0.409. The lowest BCUT2D eigenvalue weighted by Gasteiger charge is -2.25. The third-order valence-corrected chi connectivity index (χ3v) is 12.5. The summed E-state index contributed by atoms with van der Waals surface area (Å²) in [6.07, 6.45) is 4.19. The van der Waals surface area contributed by atoms with E-state index in [2.05, 4.69) is 43.5 Å². The smallest absolute Gasteiger partial charge is 0.282 e. The predicted octanol–water partition coefficient (Wildman–Crippen LogP) is 8.25. The summed E-state index contributed by atoms with van der Waals surface area (Å²) in [5, 5.41) is 0. The van der Waals surface area contributed by atoms with E-state index < -0.39 is 10.2 Å². The summed E-state index contributed by atoms with van der Waals surface area (Å²) in [4.78, 5) is 20.2. The number of carbonyl (C=O) groups excluding carboxylic acids is 1. The van der Waals surface area contributed by atoms with Crippen LogP contribution in [0.1, 0.15) is 73.0 Å². The molecule has 0 saturated carbocycles. The fourth-order valence-corrected chi connectivity index (χ4v) is 8.59. The molecule has 1 saturated heterocycles. The third-order valence-electron chi connectivity index (χ3n) is 10.6. The molecule has 4 aromatic carbocycles. The second-order valence-corrected chi connectivity index (χ2v) is 17.1. The molecular weight excluding hydrogens is 730 g/mol. The highest BCUT2D eigenvalue weighted by atomic mass is 32.2. The van der Waals surface area contributed by atoms with Crippen LogP contribution in [0, 0.1) is 19.7 Å².